The molecule has 1 unspecified atom stereocenters. The van der Waals surface area contributed by atoms with Crippen molar-refractivity contribution in [2.24, 2.45) is 10.1 Å². The number of ether oxygens (including phenoxy) is 2. The molecule has 0 spiro atoms. The molecule has 3 aromatic carbocycles. The van der Waals surface area contributed by atoms with Crippen LogP contribution in [0.15, 0.2) is 64.7 Å². The molecule has 32 heavy (non-hydrogen) atoms. The highest BCUT2D eigenvalue weighted by atomic mass is 32.2. The molecular weight excluding hydrogens is 426 g/mol. The summed E-state index contributed by atoms with van der Waals surface area (Å²) < 4.78 is 11.0. The molecule has 0 saturated carbocycles. The number of aliphatic imine (C=N–C) groups is 1. The summed E-state index contributed by atoms with van der Waals surface area (Å²) in [4.78, 5) is 16.1. The van der Waals surface area contributed by atoms with Crippen molar-refractivity contribution >= 4 is 39.3 Å². The van der Waals surface area contributed by atoms with Crippen molar-refractivity contribution in [3.05, 3.63) is 65.7 Å². The molecule has 2 aliphatic rings. The Labute approximate surface area is 189 Å². The number of hydrogen-bond acceptors (Lipinski definition) is 7. The summed E-state index contributed by atoms with van der Waals surface area (Å²) in [6.45, 7) is 0. The molecule has 3 aromatic rings. The molecule has 0 radical (unpaired) electrons. The number of phenolic OH excluding ortho intramolecular Hbond substituents is 1. The molecule has 1 N–H and O–H groups in total. The molecular formula is C24H21N3O4S. The van der Waals surface area contributed by atoms with Gasteiger partial charge in [0.15, 0.2) is 5.17 Å². The largest absolute Gasteiger partial charge is 0.507 e. The monoisotopic (exact) mass is 447 g/mol. The number of methoxy groups -OCH3 is 2. The summed E-state index contributed by atoms with van der Waals surface area (Å²) in [5, 5.41) is 19.9. The SMILES string of the molecule is COc1ccc(C2CC(c3c(O)ccc4ccccc34)=NN2C2=NC(=O)CS2)c(OC)c1. The topological polar surface area (TPSA) is 83.7 Å². The summed E-state index contributed by atoms with van der Waals surface area (Å²) in [5.74, 6) is 1.63. The summed E-state index contributed by atoms with van der Waals surface area (Å²) in [6, 6.07) is 16.9. The van der Waals surface area contributed by atoms with Gasteiger partial charge in [0.2, 0.25) is 0 Å². The normalized spacial score (nSPS) is 18.1. The molecule has 0 fully saturated rings. The third-order valence-corrected chi connectivity index (χ3v) is 6.57. The van der Waals surface area contributed by atoms with Crippen molar-refractivity contribution in [3.63, 3.8) is 0 Å². The number of phenols is 1. The summed E-state index contributed by atoms with van der Waals surface area (Å²) in [7, 11) is 3.22. The van der Waals surface area contributed by atoms with E-state index in [4.69, 9.17) is 14.6 Å². The molecule has 5 rings (SSSR count). The Balaban J connectivity index is 1.64. The quantitative estimate of drug-likeness (QED) is 0.641. The van der Waals surface area contributed by atoms with E-state index in [1.165, 1.54) is 11.8 Å². The second kappa shape index (κ2) is 8.20. The molecule has 0 saturated heterocycles. The zero-order valence-corrected chi connectivity index (χ0v) is 18.4. The molecule has 0 aliphatic carbocycles. The van der Waals surface area contributed by atoms with Crippen LogP contribution in [-0.2, 0) is 4.79 Å². The zero-order chi connectivity index (χ0) is 22.2. The molecule has 1 amide bonds. The van der Waals surface area contributed by atoms with Crippen molar-refractivity contribution in [3.8, 4) is 17.2 Å². The fraction of sp³-hybridized carbons (Fsp3) is 0.208. The standard InChI is InChI=1S/C24H21N3O4S/c1-30-15-8-9-17(21(11-15)31-2)19-12-18(26-27(19)24-25-22(29)13-32-24)23-16-6-4-3-5-14(16)7-10-20(23)28/h3-11,19,28H,12-13H2,1-2H3. The molecule has 1 atom stereocenters. The van der Waals surface area contributed by atoms with Gasteiger partial charge in [-0.3, -0.25) is 4.79 Å². The van der Waals surface area contributed by atoms with Gasteiger partial charge in [0.1, 0.15) is 17.2 Å². The number of benzene rings is 3. The lowest BCUT2D eigenvalue weighted by molar-refractivity contribution is -0.115. The van der Waals surface area contributed by atoms with Crippen LogP contribution in [-0.4, -0.2) is 46.9 Å². The van der Waals surface area contributed by atoms with E-state index < -0.39 is 0 Å². The summed E-state index contributed by atoms with van der Waals surface area (Å²) in [6.07, 6.45) is 0.512. The summed E-state index contributed by atoms with van der Waals surface area (Å²) in [5.41, 5.74) is 2.32. The first-order chi connectivity index (χ1) is 15.6. The predicted molar refractivity (Wildman–Crippen MR) is 126 cm³/mol. The number of hydrazone groups is 1. The number of carbonyl (C=O) groups excluding carboxylic acids is 1. The van der Waals surface area contributed by atoms with Crippen molar-refractivity contribution in [2.45, 2.75) is 12.5 Å². The van der Waals surface area contributed by atoms with E-state index >= 15 is 0 Å². The lowest BCUT2D eigenvalue weighted by atomic mass is 9.94. The lowest BCUT2D eigenvalue weighted by Gasteiger charge is -2.24. The van der Waals surface area contributed by atoms with Crippen LogP contribution in [0.25, 0.3) is 10.8 Å². The number of amides is 1. The highest BCUT2D eigenvalue weighted by Gasteiger charge is 2.37. The van der Waals surface area contributed by atoms with Gasteiger partial charge >= 0.3 is 0 Å². The first-order valence-electron chi connectivity index (χ1n) is 10.1. The molecule has 7 nitrogen and oxygen atoms in total. The molecule has 2 heterocycles. The van der Waals surface area contributed by atoms with Crippen LogP contribution >= 0.6 is 11.8 Å². The number of thioether (sulfide) groups is 1. The first-order valence-corrected chi connectivity index (χ1v) is 11.1. The van der Waals surface area contributed by atoms with E-state index in [2.05, 4.69) is 4.99 Å². The van der Waals surface area contributed by atoms with Crippen molar-refractivity contribution in [2.75, 3.05) is 20.0 Å². The van der Waals surface area contributed by atoms with Crippen LogP contribution in [0.1, 0.15) is 23.6 Å². The molecule has 0 bridgehead atoms. The third kappa shape index (κ3) is 3.46. The minimum absolute atomic E-state index is 0.168. The minimum atomic E-state index is -0.249. The minimum Gasteiger partial charge on any atom is -0.507 e. The number of aromatic hydroxyl groups is 1. The van der Waals surface area contributed by atoms with E-state index in [0.29, 0.717) is 34.4 Å². The Bertz CT molecular complexity index is 1290. The van der Waals surface area contributed by atoms with Crippen LogP contribution in [0.5, 0.6) is 17.2 Å². The van der Waals surface area contributed by atoms with Crippen LogP contribution in [0.2, 0.25) is 0 Å². The van der Waals surface area contributed by atoms with Gasteiger partial charge in [0, 0.05) is 23.6 Å². The number of amidine groups is 1. The van der Waals surface area contributed by atoms with Gasteiger partial charge in [-0.05, 0) is 29.0 Å². The van der Waals surface area contributed by atoms with Crippen molar-refractivity contribution < 1.29 is 19.4 Å². The average molecular weight is 448 g/mol. The van der Waals surface area contributed by atoms with E-state index in [1.807, 2.05) is 48.5 Å². The lowest BCUT2D eigenvalue weighted by Crippen LogP contribution is -2.24. The maximum absolute atomic E-state index is 11.9. The molecule has 2 aliphatic heterocycles. The molecule has 0 aromatic heterocycles. The Hall–Kier alpha value is -3.52. The van der Waals surface area contributed by atoms with Gasteiger partial charge in [-0.1, -0.05) is 42.1 Å². The second-order valence-corrected chi connectivity index (χ2v) is 8.42. The van der Waals surface area contributed by atoms with Gasteiger partial charge in [0.05, 0.1) is 31.7 Å². The van der Waals surface area contributed by atoms with Crippen LogP contribution < -0.4 is 9.47 Å². The van der Waals surface area contributed by atoms with Crippen LogP contribution in [0.4, 0.5) is 0 Å². The van der Waals surface area contributed by atoms with Gasteiger partial charge in [-0.2, -0.15) is 10.1 Å². The number of rotatable bonds is 4. The zero-order valence-electron chi connectivity index (χ0n) is 17.6. The second-order valence-electron chi connectivity index (χ2n) is 7.48. The number of carbonyl (C=O) groups is 1. The maximum Gasteiger partial charge on any atom is 0.258 e. The Kier molecular flexibility index (Phi) is 5.22. The number of hydrogen-bond donors (Lipinski definition) is 1. The van der Waals surface area contributed by atoms with E-state index in [9.17, 15) is 9.90 Å². The highest BCUT2D eigenvalue weighted by molar-refractivity contribution is 8.14. The Morgan fingerprint density at radius 1 is 1.09 bits per heavy atom. The smallest absolute Gasteiger partial charge is 0.258 e. The van der Waals surface area contributed by atoms with Gasteiger partial charge in [-0.25, -0.2) is 5.01 Å². The average Bonchev–Trinajstić information content (AvgIpc) is 3.44. The van der Waals surface area contributed by atoms with Gasteiger partial charge in [0.25, 0.3) is 5.91 Å². The fourth-order valence-corrected chi connectivity index (χ4v) is 4.94. The number of nitrogens with zero attached hydrogens (tertiary/aromatic N) is 3. The fourth-order valence-electron chi connectivity index (χ4n) is 4.15. The van der Waals surface area contributed by atoms with Crippen LogP contribution in [0.3, 0.4) is 0 Å². The van der Waals surface area contributed by atoms with Crippen molar-refractivity contribution in [1.29, 1.82) is 0 Å². The van der Waals surface area contributed by atoms with E-state index in [0.717, 1.165) is 22.0 Å². The Morgan fingerprint density at radius 3 is 2.69 bits per heavy atom. The summed E-state index contributed by atoms with van der Waals surface area (Å²) >= 11 is 1.36. The Morgan fingerprint density at radius 2 is 1.94 bits per heavy atom. The number of fused-ring (bicyclic) bond motifs is 1. The van der Waals surface area contributed by atoms with Crippen molar-refractivity contribution in [1.82, 2.24) is 5.01 Å². The highest BCUT2D eigenvalue weighted by Crippen LogP contribution is 2.43. The van der Waals surface area contributed by atoms with E-state index in [1.54, 1.807) is 25.3 Å². The van der Waals surface area contributed by atoms with E-state index in [-0.39, 0.29) is 17.7 Å². The first kappa shape index (κ1) is 20.4. The van der Waals surface area contributed by atoms with Gasteiger partial charge < -0.3 is 14.6 Å². The maximum atomic E-state index is 11.9. The predicted octanol–water partition coefficient (Wildman–Crippen LogP) is 4.34. The molecule has 162 valence electrons. The van der Waals surface area contributed by atoms with Gasteiger partial charge in [-0.15, -0.1) is 0 Å². The van der Waals surface area contributed by atoms with Crippen LogP contribution in [0, 0.1) is 0 Å². The third-order valence-electron chi connectivity index (χ3n) is 5.65. The molecule has 8 heteroatoms.